The van der Waals surface area contributed by atoms with E-state index in [1.807, 2.05) is 0 Å². The molecule has 0 fully saturated rings. The molecule has 558 valence electrons. The molecular weight excluding hydrogens is 1230 g/mol. The van der Waals surface area contributed by atoms with Crippen LogP contribution in [0.3, 0.4) is 0 Å². The van der Waals surface area contributed by atoms with Crippen molar-refractivity contribution in [2.24, 2.45) is 11.8 Å². The largest absolute Gasteiger partial charge is 0.472 e. The summed E-state index contributed by atoms with van der Waals surface area (Å²) in [5.41, 5.74) is 0. The third-order valence-corrected chi connectivity index (χ3v) is 19.4. The van der Waals surface area contributed by atoms with Gasteiger partial charge in [-0.25, -0.2) is 9.13 Å². The first-order chi connectivity index (χ1) is 45.4. The molecule has 0 amide bonds. The molecule has 94 heavy (non-hydrogen) atoms. The molecule has 0 spiro atoms. The first kappa shape index (κ1) is 92.1. The zero-order valence-electron chi connectivity index (χ0n) is 61.3. The van der Waals surface area contributed by atoms with Crippen LogP contribution in [-0.4, -0.2) is 96.7 Å². The molecule has 5 atom stereocenters. The van der Waals surface area contributed by atoms with Crippen molar-refractivity contribution in [1.82, 2.24) is 0 Å². The molecule has 2 unspecified atom stereocenters. The van der Waals surface area contributed by atoms with Crippen molar-refractivity contribution in [2.45, 2.75) is 407 Å². The summed E-state index contributed by atoms with van der Waals surface area (Å²) in [7, 11) is -9.90. The van der Waals surface area contributed by atoms with Crippen molar-refractivity contribution in [3.05, 3.63) is 0 Å². The monoisotopic (exact) mass is 1380 g/mol. The second kappa shape index (κ2) is 66.9. The van der Waals surface area contributed by atoms with Crippen molar-refractivity contribution in [3.63, 3.8) is 0 Å². The summed E-state index contributed by atoms with van der Waals surface area (Å²) in [5, 5.41) is 10.6. The smallest absolute Gasteiger partial charge is 0.462 e. The van der Waals surface area contributed by atoms with Crippen LogP contribution in [0.1, 0.15) is 388 Å². The van der Waals surface area contributed by atoms with Crippen molar-refractivity contribution in [3.8, 4) is 0 Å². The molecule has 0 aliphatic rings. The van der Waals surface area contributed by atoms with Crippen LogP contribution in [0.25, 0.3) is 0 Å². The van der Waals surface area contributed by atoms with E-state index in [1.54, 1.807) is 0 Å². The highest BCUT2D eigenvalue weighted by Crippen LogP contribution is 2.45. The standard InChI is InChI=1S/C75H146O17P2/c1-7-9-11-13-14-15-16-17-18-19-23-26-29-35-40-46-52-58-73(78)86-64-71(92-75(80)59-53-47-41-36-30-27-24-21-20-22-25-28-33-38-44-49-55-67(3)4)66-90-94(83,84)88-62-69(76)61-87-93(81,82)89-65-70(63-85-72(77)57-51-43-12-10-8-2)91-74(79)60-54-48-42-37-32-31-34-39-45-50-56-68(5)6/h67-71,76H,7-66H2,1-6H3,(H,81,82)(H,83,84)/t69-,70+,71+/m0/s1. The molecule has 0 rings (SSSR count). The Bertz CT molecular complexity index is 1820. The molecule has 0 radical (unpaired) electrons. The van der Waals surface area contributed by atoms with E-state index < -0.39 is 97.5 Å². The molecule has 0 aliphatic heterocycles. The van der Waals surface area contributed by atoms with E-state index in [0.717, 1.165) is 108 Å². The molecule has 0 bridgehead atoms. The second-order valence-corrected chi connectivity index (χ2v) is 30.9. The van der Waals surface area contributed by atoms with Gasteiger partial charge < -0.3 is 33.8 Å². The molecule has 0 heterocycles. The van der Waals surface area contributed by atoms with Gasteiger partial charge in [-0.05, 0) is 37.5 Å². The molecule has 0 saturated heterocycles. The molecule has 17 nitrogen and oxygen atoms in total. The van der Waals surface area contributed by atoms with Gasteiger partial charge in [-0.3, -0.25) is 37.3 Å². The molecule has 3 N–H and O–H groups in total. The van der Waals surface area contributed by atoms with Crippen LogP contribution in [0.2, 0.25) is 0 Å². The van der Waals surface area contributed by atoms with Crippen LogP contribution < -0.4 is 0 Å². The van der Waals surface area contributed by atoms with Crippen LogP contribution in [0.5, 0.6) is 0 Å². The number of aliphatic hydroxyl groups excluding tert-OH is 1. The Morgan fingerprint density at radius 1 is 0.287 bits per heavy atom. The lowest BCUT2D eigenvalue weighted by molar-refractivity contribution is -0.161. The Hall–Kier alpha value is -1.94. The summed E-state index contributed by atoms with van der Waals surface area (Å²) >= 11 is 0. The summed E-state index contributed by atoms with van der Waals surface area (Å²) in [5.74, 6) is -0.566. The summed E-state index contributed by atoms with van der Waals surface area (Å²) < 4.78 is 68.3. The van der Waals surface area contributed by atoms with Gasteiger partial charge in [0.2, 0.25) is 0 Å². The highest BCUT2D eigenvalue weighted by atomic mass is 31.2. The van der Waals surface area contributed by atoms with E-state index in [1.165, 1.54) is 199 Å². The lowest BCUT2D eigenvalue weighted by atomic mass is 10.0. The number of carbonyl (C=O) groups excluding carboxylic acids is 4. The number of ether oxygens (including phenoxy) is 4. The molecular formula is C75H146O17P2. The fraction of sp³-hybridized carbons (Fsp3) is 0.947. The lowest BCUT2D eigenvalue weighted by Gasteiger charge is -2.21. The predicted molar refractivity (Wildman–Crippen MR) is 381 cm³/mol. The number of rotatable bonds is 74. The van der Waals surface area contributed by atoms with Gasteiger partial charge in [0.05, 0.1) is 26.4 Å². The Morgan fingerprint density at radius 2 is 0.489 bits per heavy atom. The van der Waals surface area contributed by atoms with Gasteiger partial charge in [-0.2, -0.15) is 0 Å². The molecule has 0 saturated carbocycles. The van der Waals surface area contributed by atoms with Crippen LogP contribution >= 0.6 is 15.6 Å². The molecule has 0 aromatic rings. The van der Waals surface area contributed by atoms with E-state index in [-0.39, 0.29) is 25.7 Å². The first-order valence-corrected chi connectivity index (χ1v) is 42.0. The van der Waals surface area contributed by atoms with E-state index in [4.69, 9.17) is 37.0 Å². The maximum atomic E-state index is 13.1. The number of hydrogen-bond donors (Lipinski definition) is 3. The van der Waals surface area contributed by atoms with Gasteiger partial charge in [0.1, 0.15) is 19.3 Å². The van der Waals surface area contributed by atoms with Crippen molar-refractivity contribution >= 4 is 39.5 Å². The number of carbonyl (C=O) groups is 4. The lowest BCUT2D eigenvalue weighted by Crippen LogP contribution is -2.30. The van der Waals surface area contributed by atoms with Gasteiger partial charge in [-0.15, -0.1) is 0 Å². The van der Waals surface area contributed by atoms with Crippen molar-refractivity contribution in [1.29, 1.82) is 0 Å². The minimum atomic E-state index is -4.95. The van der Waals surface area contributed by atoms with Gasteiger partial charge in [0.25, 0.3) is 0 Å². The predicted octanol–water partition coefficient (Wildman–Crippen LogP) is 21.9. The number of phosphoric acid groups is 2. The van der Waals surface area contributed by atoms with E-state index in [0.29, 0.717) is 25.7 Å². The quantitative estimate of drug-likeness (QED) is 0.0222. The number of aliphatic hydroxyl groups is 1. The number of unbranched alkanes of at least 4 members (excludes halogenated alkanes) is 44. The number of phosphoric ester groups is 2. The molecule has 0 aromatic carbocycles. The summed E-state index contributed by atoms with van der Waals surface area (Å²) in [6, 6.07) is 0. The summed E-state index contributed by atoms with van der Waals surface area (Å²) in [4.78, 5) is 72.5. The Kier molecular flexibility index (Phi) is 65.5. The average Bonchev–Trinajstić information content (AvgIpc) is 3.26. The summed E-state index contributed by atoms with van der Waals surface area (Å²) in [6.45, 7) is 9.52. The van der Waals surface area contributed by atoms with Gasteiger partial charge >= 0.3 is 39.5 Å². The number of hydrogen-bond acceptors (Lipinski definition) is 15. The van der Waals surface area contributed by atoms with Gasteiger partial charge in [-0.1, -0.05) is 337 Å². The zero-order chi connectivity index (χ0) is 69.3. The topological polar surface area (TPSA) is 237 Å². The van der Waals surface area contributed by atoms with Crippen LogP contribution in [0.15, 0.2) is 0 Å². The zero-order valence-corrected chi connectivity index (χ0v) is 63.1. The van der Waals surface area contributed by atoms with Crippen LogP contribution in [0, 0.1) is 11.8 Å². The molecule has 19 heteroatoms. The van der Waals surface area contributed by atoms with Gasteiger partial charge in [0, 0.05) is 25.7 Å². The Morgan fingerprint density at radius 3 is 0.723 bits per heavy atom. The minimum Gasteiger partial charge on any atom is -0.462 e. The van der Waals surface area contributed by atoms with Crippen LogP contribution in [0.4, 0.5) is 0 Å². The van der Waals surface area contributed by atoms with Crippen molar-refractivity contribution < 1.29 is 80.2 Å². The maximum Gasteiger partial charge on any atom is 0.472 e. The van der Waals surface area contributed by atoms with E-state index >= 15 is 0 Å². The Labute approximate surface area is 575 Å². The average molecular weight is 1380 g/mol. The third kappa shape index (κ3) is 68.6. The normalized spacial score (nSPS) is 14.0. The van der Waals surface area contributed by atoms with E-state index in [9.17, 15) is 43.2 Å². The van der Waals surface area contributed by atoms with Crippen molar-refractivity contribution in [2.75, 3.05) is 39.6 Å². The molecule has 0 aliphatic carbocycles. The fourth-order valence-electron chi connectivity index (χ4n) is 11.5. The maximum absolute atomic E-state index is 13.1. The first-order valence-electron chi connectivity index (χ1n) is 39.0. The van der Waals surface area contributed by atoms with Crippen LogP contribution in [-0.2, 0) is 65.4 Å². The molecule has 0 aromatic heterocycles. The summed E-state index contributed by atoms with van der Waals surface area (Å²) in [6.07, 6.45) is 54.6. The second-order valence-electron chi connectivity index (χ2n) is 28.0. The van der Waals surface area contributed by atoms with Gasteiger partial charge in [0.15, 0.2) is 12.2 Å². The van der Waals surface area contributed by atoms with E-state index in [2.05, 4.69) is 41.5 Å². The number of esters is 4. The highest BCUT2D eigenvalue weighted by Gasteiger charge is 2.30. The third-order valence-electron chi connectivity index (χ3n) is 17.5. The minimum absolute atomic E-state index is 0.105. The SMILES string of the molecule is CCCCCCCCCCCCCCCCCCCC(=O)OC[C@H](COP(=O)(O)OC[C@@H](O)COP(=O)(O)OC[C@@H](COC(=O)CCCCCCC)OC(=O)CCCCCCCCCCCCC(C)C)OC(=O)CCCCCCCCCCCCCCCCCCC(C)C. The fourth-order valence-corrected chi connectivity index (χ4v) is 13.1. The Balaban J connectivity index is 5.14. The highest BCUT2D eigenvalue weighted by molar-refractivity contribution is 7.47.